The molecule has 0 amide bonds. The van der Waals surface area contributed by atoms with Crippen molar-refractivity contribution in [2.45, 2.75) is 50.4 Å². The Labute approximate surface area is 75.7 Å². The highest BCUT2D eigenvalue weighted by molar-refractivity contribution is 4.92. The lowest BCUT2D eigenvalue weighted by atomic mass is 9.89. The second-order valence-corrected chi connectivity index (χ2v) is 4.29. The first-order valence-electron chi connectivity index (χ1n) is 4.86. The molecule has 2 atom stereocenters. The fraction of sp³-hybridized carbons (Fsp3) is 1.00. The Hall–Kier alpha value is -0.250. The van der Waals surface area contributed by atoms with E-state index in [-0.39, 0.29) is 5.92 Å². The summed E-state index contributed by atoms with van der Waals surface area (Å²) < 4.78 is 36.3. The summed E-state index contributed by atoms with van der Waals surface area (Å²) in [5.74, 6) is -0.126. The second kappa shape index (κ2) is 3.15. The molecule has 0 aromatic carbocycles. The van der Waals surface area contributed by atoms with Crippen molar-refractivity contribution >= 4 is 0 Å². The molecule has 2 aliphatic rings. The van der Waals surface area contributed by atoms with Crippen LogP contribution in [0, 0.1) is 5.92 Å². The minimum Gasteiger partial charge on any atom is -0.311 e. The molecule has 0 aromatic rings. The van der Waals surface area contributed by atoms with Crippen molar-refractivity contribution in [3.63, 3.8) is 0 Å². The highest BCUT2D eigenvalue weighted by Crippen LogP contribution is 2.37. The van der Waals surface area contributed by atoms with E-state index >= 15 is 0 Å². The van der Waals surface area contributed by atoms with Gasteiger partial charge in [0.2, 0.25) is 0 Å². The Balaban J connectivity index is 1.88. The van der Waals surface area contributed by atoms with Gasteiger partial charge in [0.1, 0.15) is 0 Å². The van der Waals surface area contributed by atoms with Gasteiger partial charge in [-0.2, -0.15) is 13.2 Å². The van der Waals surface area contributed by atoms with Gasteiger partial charge in [0.25, 0.3) is 0 Å². The fourth-order valence-electron chi connectivity index (χ4n) is 2.67. The predicted octanol–water partition coefficient (Wildman–Crippen LogP) is 2.47. The molecule has 2 fully saturated rings. The zero-order valence-electron chi connectivity index (χ0n) is 7.40. The molecule has 76 valence electrons. The van der Waals surface area contributed by atoms with E-state index in [0.717, 1.165) is 25.7 Å². The molecular formula is C9H14F3N. The highest BCUT2D eigenvalue weighted by atomic mass is 19.4. The van der Waals surface area contributed by atoms with Crippen molar-refractivity contribution in [2.75, 3.05) is 0 Å². The molecule has 2 heterocycles. The van der Waals surface area contributed by atoms with Gasteiger partial charge in [-0.3, -0.25) is 0 Å². The summed E-state index contributed by atoms with van der Waals surface area (Å²) in [5.41, 5.74) is 0. The van der Waals surface area contributed by atoms with Crippen LogP contribution in [0.4, 0.5) is 13.2 Å². The van der Waals surface area contributed by atoms with Gasteiger partial charge in [0.15, 0.2) is 0 Å². The average Bonchev–Trinajstić information content (AvgIpc) is 2.27. The molecule has 0 radical (unpaired) electrons. The normalized spacial score (nSPS) is 39.5. The summed E-state index contributed by atoms with van der Waals surface area (Å²) in [4.78, 5) is 0. The zero-order chi connectivity index (χ0) is 9.47. The standard InChI is InChI=1S/C9H14F3N/c10-9(11,12)5-6-3-7-1-2-8(4-6)13-7/h6-8,13H,1-5H2. The SMILES string of the molecule is FC(F)(F)CC1CC2CCC(C1)N2. The van der Waals surface area contributed by atoms with Gasteiger partial charge in [-0.05, 0) is 31.6 Å². The van der Waals surface area contributed by atoms with Crippen LogP contribution in [0.1, 0.15) is 32.1 Å². The van der Waals surface area contributed by atoms with Crippen LogP contribution in [-0.4, -0.2) is 18.3 Å². The van der Waals surface area contributed by atoms with Crippen molar-refractivity contribution in [3.05, 3.63) is 0 Å². The summed E-state index contributed by atoms with van der Waals surface area (Å²) in [6.45, 7) is 0. The van der Waals surface area contributed by atoms with Crippen LogP contribution in [-0.2, 0) is 0 Å². The molecule has 0 aromatic heterocycles. The quantitative estimate of drug-likeness (QED) is 0.674. The molecule has 4 heteroatoms. The van der Waals surface area contributed by atoms with Gasteiger partial charge >= 0.3 is 6.18 Å². The lowest BCUT2D eigenvalue weighted by Gasteiger charge is -2.29. The van der Waals surface area contributed by atoms with E-state index in [1.54, 1.807) is 0 Å². The van der Waals surface area contributed by atoms with Gasteiger partial charge in [0.05, 0.1) is 0 Å². The van der Waals surface area contributed by atoms with Crippen molar-refractivity contribution in [2.24, 2.45) is 5.92 Å². The lowest BCUT2D eigenvalue weighted by Crippen LogP contribution is -2.39. The van der Waals surface area contributed by atoms with Gasteiger partial charge < -0.3 is 5.32 Å². The number of piperidine rings is 1. The molecule has 2 saturated heterocycles. The first-order valence-corrected chi connectivity index (χ1v) is 4.86. The highest BCUT2D eigenvalue weighted by Gasteiger charge is 2.39. The molecular weight excluding hydrogens is 179 g/mol. The van der Waals surface area contributed by atoms with Crippen LogP contribution in [0.15, 0.2) is 0 Å². The summed E-state index contributed by atoms with van der Waals surface area (Å²) in [6.07, 6.45) is -0.979. The van der Waals surface area contributed by atoms with Crippen LogP contribution >= 0.6 is 0 Å². The van der Waals surface area contributed by atoms with E-state index in [9.17, 15) is 13.2 Å². The van der Waals surface area contributed by atoms with Crippen molar-refractivity contribution in [1.82, 2.24) is 5.32 Å². The predicted molar refractivity (Wildman–Crippen MR) is 43.3 cm³/mol. The summed E-state index contributed by atoms with van der Waals surface area (Å²) in [5, 5.41) is 3.34. The Kier molecular flexibility index (Phi) is 2.26. The fourth-order valence-corrected chi connectivity index (χ4v) is 2.67. The van der Waals surface area contributed by atoms with Crippen molar-refractivity contribution < 1.29 is 13.2 Å². The number of alkyl halides is 3. The van der Waals surface area contributed by atoms with E-state index in [1.165, 1.54) is 0 Å². The van der Waals surface area contributed by atoms with E-state index in [2.05, 4.69) is 5.32 Å². The average molecular weight is 193 g/mol. The molecule has 2 aliphatic heterocycles. The van der Waals surface area contributed by atoms with Crippen LogP contribution in [0.25, 0.3) is 0 Å². The molecule has 2 bridgehead atoms. The Morgan fingerprint density at radius 1 is 1.08 bits per heavy atom. The Bertz CT molecular complexity index is 178. The third kappa shape index (κ3) is 2.36. The maximum Gasteiger partial charge on any atom is 0.389 e. The number of rotatable bonds is 1. The van der Waals surface area contributed by atoms with Gasteiger partial charge in [-0.25, -0.2) is 0 Å². The Morgan fingerprint density at radius 2 is 1.62 bits per heavy atom. The van der Waals surface area contributed by atoms with E-state index < -0.39 is 12.6 Å². The minimum absolute atomic E-state index is 0.126. The van der Waals surface area contributed by atoms with Crippen molar-refractivity contribution in [3.8, 4) is 0 Å². The van der Waals surface area contributed by atoms with Crippen LogP contribution in [0.5, 0.6) is 0 Å². The summed E-state index contributed by atoms with van der Waals surface area (Å²) in [6, 6.07) is 0.734. The molecule has 1 nitrogen and oxygen atoms in total. The maximum absolute atomic E-state index is 12.1. The number of halogens is 3. The largest absolute Gasteiger partial charge is 0.389 e. The smallest absolute Gasteiger partial charge is 0.311 e. The molecule has 13 heavy (non-hydrogen) atoms. The molecule has 1 N–H and O–H groups in total. The third-order valence-corrected chi connectivity index (χ3v) is 3.09. The van der Waals surface area contributed by atoms with E-state index in [0.29, 0.717) is 12.1 Å². The third-order valence-electron chi connectivity index (χ3n) is 3.09. The van der Waals surface area contributed by atoms with Crippen molar-refractivity contribution in [1.29, 1.82) is 0 Å². The van der Waals surface area contributed by atoms with Gasteiger partial charge in [-0.1, -0.05) is 0 Å². The molecule has 2 rings (SSSR count). The lowest BCUT2D eigenvalue weighted by molar-refractivity contribution is -0.147. The molecule has 2 unspecified atom stereocenters. The number of hydrogen-bond donors (Lipinski definition) is 1. The first-order chi connectivity index (χ1) is 6.03. The van der Waals surface area contributed by atoms with Crippen LogP contribution in [0.2, 0.25) is 0 Å². The van der Waals surface area contributed by atoms with Gasteiger partial charge in [0, 0.05) is 18.5 Å². The molecule has 0 aliphatic carbocycles. The first kappa shape index (κ1) is 9.31. The molecule has 0 spiro atoms. The van der Waals surface area contributed by atoms with Gasteiger partial charge in [-0.15, -0.1) is 0 Å². The number of fused-ring (bicyclic) bond motifs is 2. The summed E-state index contributed by atoms with van der Waals surface area (Å²) in [7, 11) is 0. The Morgan fingerprint density at radius 3 is 2.08 bits per heavy atom. The number of nitrogens with one attached hydrogen (secondary N) is 1. The van der Waals surface area contributed by atoms with Crippen LogP contribution < -0.4 is 5.32 Å². The summed E-state index contributed by atoms with van der Waals surface area (Å²) >= 11 is 0. The topological polar surface area (TPSA) is 12.0 Å². The number of hydrogen-bond acceptors (Lipinski definition) is 1. The van der Waals surface area contributed by atoms with Crippen LogP contribution in [0.3, 0.4) is 0 Å². The van der Waals surface area contributed by atoms with E-state index in [4.69, 9.17) is 0 Å². The maximum atomic E-state index is 12.1. The minimum atomic E-state index is -3.97. The second-order valence-electron chi connectivity index (χ2n) is 4.29. The monoisotopic (exact) mass is 193 g/mol. The molecule has 0 saturated carbocycles. The zero-order valence-corrected chi connectivity index (χ0v) is 7.40. The van der Waals surface area contributed by atoms with E-state index in [1.807, 2.05) is 0 Å².